The number of urea groups is 1. The highest BCUT2D eigenvalue weighted by molar-refractivity contribution is 6.01. The first-order valence-corrected chi connectivity index (χ1v) is 8.49. The summed E-state index contributed by atoms with van der Waals surface area (Å²) in [4.78, 5) is 28.7. The highest BCUT2D eigenvalue weighted by atomic mass is 16.2. The Kier molecular flexibility index (Phi) is 4.11. The van der Waals surface area contributed by atoms with Gasteiger partial charge in [-0.05, 0) is 49.4 Å². The van der Waals surface area contributed by atoms with Gasteiger partial charge in [-0.15, -0.1) is 0 Å². The minimum Gasteiger partial charge on any atom is -0.333 e. The van der Waals surface area contributed by atoms with Crippen molar-refractivity contribution in [1.29, 1.82) is 0 Å². The van der Waals surface area contributed by atoms with Crippen molar-refractivity contribution in [3.05, 3.63) is 45.7 Å². The number of carbonyl (C=O) groups is 2. The maximum Gasteiger partial charge on any atom is 0.322 e. The van der Waals surface area contributed by atoms with E-state index in [-0.39, 0.29) is 18.0 Å². The zero-order valence-electron chi connectivity index (χ0n) is 15.1. The molecule has 1 unspecified atom stereocenters. The van der Waals surface area contributed by atoms with Gasteiger partial charge in [0, 0.05) is 13.6 Å². The number of aryl methyl sites for hydroxylation is 3. The first kappa shape index (κ1) is 16.6. The number of hydrogen-bond acceptors (Lipinski definition) is 2. The molecular formula is C19H25N3O2. The second-order valence-electron chi connectivity index (χ2n) is 6.82. The van der Waals surface area contributed by atoms with Crippen LogP contribution in [-0.4, -0.2) is 41.9 Å². The van der Waals surface area contributed by atoms with Gasteiger partial charge in [0.15, 0.2) is 0 Å². The highest BCUT2D eigenvalue weighted by Gasteiger charge is 2.42. The Morgan fingerprint density at radius 3 is 2.46 bits per heavy atom. The molecule has 24 heavy (non-hydrogen) atoms. The Hall–Kier alpha value is -2.30. The van der Waals surface area contributed by atoms with Crippen LogP contribution >= 0.6 is 0 Å². The summed E-state index contributed by atoms with van der Waals surface area (Å²) in [7, 11) is 1.73. The predicted octanol–water partition coefficient (Wildman–Crippen LogP) is 2.81. The normalized spacial score (nSPS) is 20.6. The van der Waals surface area contributed by atoms with Gasteiger partial charge in [-0.2, -0.15) is 0 Å². The lowest BCUT2D eigenvalue weighted by Crippen LogP contribution is -2.45. The fraction of sp³-hybridized carbons (Fsp3) is 0.474. The van der Waals surface area contributed by atoms with Crippen LogP contribution in [0, 0.1) is 20.8 Å². The summed E-state index contributed by atoms with van der Waals surface area (Å²) in [6.07, 6.45) is 0.907. The van der Waals surface area contributed by atoms with E-state index in [0.29, 0.717) is 13.1 Å². The van der Waals surface area contributed by atoms with Crippen molar-refractivity contribution >= 4 is 11.9 Å². The lowest BCUT2D eigenvalue weighted by molar-refractivity contribution is -0.125. The van der Waals surface area contributed by atoms with Crippen molar-refractivity contribution in [3.8, 4) is 0 Å². The van der Waals surface area contributed by atoms with Gasteiger partial charge in [0.25, 0.3) is 5.91 Å². The first-order valence-electron chi connectivity index (χ1n) is 8.49. The number of nitrogens with one attached hydrogen (secondary N) is 1. The average molecular weight is 327 g/mol. The molecule has 2 heterocycles. The van der Waals surface area contributed by atoms with Crippen LogP contribution in [0.2, 0.25) is 0 Å². The molecule has 0 saturated carbocycles. The number of likely N-dealkylation sites (N-methyl/N-ethyl adjacent to an activating group) is 1. The number of rotatable bonds is 3. The van der Waals surface area contributed by atoms with Crippen LogP contribution in [0.4, 0.5) is 4.79 Å². The Bertz CT molecular complexity index is 751. The lowest BCUT2D eigenvalue weighted by atomic mass is 9.90. The second-order valence-corrected chi connectivity index (χ2v) is 6.82. The van der Waals surface area contributed by atoms with Crippen molar-refractivity contribution < 1.29 is 9.59 Å². The fourth-order valence-corrected chi connectivity index (χ4v) is 3.60. The highest BCUT2D eigenvalue weighted by Crippen LogP contribution is 2.37. The molecule has 3 rings (SSSR count). The Labute approximate surface area is 143 Å². The smallest absolute Gasteiger partial charge is 0.322 e. The summed E-state index contributed by atoms with van der Waals surface area (Å²) in [6.45, 7) is 9.47. The molecule has 128 valence electrons. The quantitative estimate of drug-likeness (QED) is 0.928. The summed E-state index contributed by atoms with van der Waals surface area (Å²) in [5, 5.41) is 3.02. The molecule has 5 nitrogen and oxygen atoms in total. The van der Waals surface area contributed by atoms with Crippen molar-refractivity contribution in [2.45, 2.75) is 40.2 Å². The van der Waals surface area contributed by atoms with E-state index in [1.165, 1.54) is 11.1 Å². The summed E-state index contributed by atoms with van der Waals surface area (Å²) >= 11 is 0. The predicted molar refractivity (Wildman–Crippen MR) is 93.6 cm³/mol. The third kappa shape index (κ3) is 2.48. The van der Waals surface area contributed by atoms with Gasteiger partial charge in [0.05, 0.1) is 23.9 Å². The number of carbonyl (C=O) groups excluding carboxylic acids is 2. The van der Waals surface area contributed by atoms with E-state index in [4.69, 9.17) is 0 Å². The zero-order valence-corrected chi connectivity index (χ0v) is 15.1. The van der Waals surface area contributed by atoms with Crippen LogP contribution in [0.1, 0.15) is 41.6 Å². The monoisotopic (exact) mass is 327 g/mol. The van der Waals surface area contributed by atoms with Crippen LogP contribution in [0.15, 0.2) is 23.4 Å². The van der Waals surface area contributed by atoms with E-state index in [2.05, 4.69) is 38.2 Å². The van der Waals surface area contributed by atoms with Crippen LogP contribution in [0.3, 0.4) is 0 Å². The molecule has 0 radical (unpaired) electrons. The largest absolute Gasteiger partial charge is 0.333 e. The zero-order chi connectivity index (χ0) is 17.6. The van der Waals surface area contributed by atoms with Gasteiger partial charge in [-0.25, -0.2) is 4.79 Å². The van der Waals surface area contributed by atoms with Gasteiger partial charge in [0.1, 0.15) is 0 Å². The van der Waals surface area contributed by atoms with E-state index in [0.717, 1.165) is 28.8 Å². The molecule has 1 aromatic rings. The minimum absolute atomic E-state index is 0.0429. The summed E-state index contributed by atoms with van der Waals surface area (Å²) in [6, 6.07) is 3.71. The maximum atomic E-state index is 12.9. The summed E-state index contributed by atoms with van der Waals surface area (Å²) in [5.41, 5.74) is 6.05. The molecule has 1 aromatic carbocycles. The molecule has 0 aromatic heterocycles. The maximum absolute atomic E-state index is 12.9. The molecule has 3 amide bonds. The van der Waals surface area contributed by atoms with Crippen LogP contribution in [-0.2, 0) is 4.79 Å². The molecule has 0 aliphatic carbocycles. The Morgan fingerprint density at radius 1 is 1.12 bits per heavy atom. The van der Waals surface area contributed by atoms with Crippen molar-refractivity contribution in [1.82, 2.24) is 15.1 Å². The van der Waals surface area contributed by atoms with Crippen molar-refractivity contribution in [2.75, 3.05) is 20.1 Å². The van der Waals surface area contributed by atoms with Crippen LogP contribution in [0.25, 0.3) is 0 Å². The molecule has 5 heteroatoms. The molecule has 0 fully saturated rings. The van der Waals surface area contributed by atoms with E-state index in [1.54, 1.807) is 11.9 Å². The topological polar surface area (TPSA) is 52.7 Å². The molecule has 0 saturated heterocycles. The Morgan fingerprint density at radius 2 is 1.79 bits per heavy atom. The lowest BCUT2D eigenvalue weighted by Gasteiger charge is -2.32. The summed E-state index contributed by atoms with van der Waals surface area (Å²) in [5.74, 6) is 0.0429. The van der Waals surface area contributed by atoms with Crippen LogP contribution in [0.5, 0.6) is 0 Å². The second kappa shape index (κ2) is 5.96. The van der Waals surface area contributed by atoms with Crippen LogP contribution < -0.4 is 5.32 Å². The molecule has 0 spiro atoms. The number of amides is 3. The molecular weight excluding hydrogens is 302 g/mol. The van der Waals surface area contributed by atoms with Gasteiger partial charge < -0.3 is 10.2 Å². The summed E-state index contributed by atoms with van der Waals surface area (Å²) < 4.78 is 0. The van der Waals surface area contributed by atoms with E-state index >= 15 is 0 Å². The number of nitrogens with zero attached hydrogens (tertiary/aromatic N) is 2. The number of benzene rings is 1. The third-order valence-electron chi connectivity index (χ3n) is 5.12. The van der Waals surface area contributed by atoms with E-state index in [9.17, 15) is 9.59 Å². The Balaban J connectivity index is 2.10. The van der Waals surface area contributed by atoms with Gasteiger partial charge in [-0.1, -0.05) is 19.1 Å². The van der Waals surface area contributed by atoms with Crippen molar-refractivity contribution in [3.63, 3.8) is 0 Å². The first-order chi connectivity index (χ1) is 11.3. The van der Waals surface area contributed by atoms with E-state index < -0.39 is 0 Å². The average Bonchev–Trinajstić information content (AvgIpc) is 2.85. The van der Waals surface area contributed by atoms with Gasteiger partial charge in [-0.3, -0.25) is 9.69 Å². The number of hydrogen-bond donors (Lipinski definition) is 1. The standard InChI is InChI=1S/C19H25N3O2/c1-6-7-22-10-15-16(18(22)23)17(20-19(24)21(15)5)14-9-12(3)11(2)8-13(14)4/h8-9,17H,6-7,10H2,1-5H3,(H,20,24). The molecule has 1 N–H and O–H groups in total. The minimum atomic E-state index is -0.364. The molecule has 2 aliphatic heterocycles. The van der Waals surface area contributed by atoms with Gasteiger partial charge in [0.2, 0.25) is 0 Å². The van der Waals surface area contributed by atoms with E-state index in [1.807, 2.05) is 11.8 Å². The fourth-order valence-electron chi connectivity index (χ4n) is 3.60. The SMILES string of the molecule is CCCN1CC2=C(C1=O)C(c1cc(C)c(C)cc1C)NC(=O)N2C. The molecule has 1 atom stereocenters. The van der Waals surface area contributed by atoms with Crippen molar-refractivity contribution in [2.24, 2.45) is 0 Å². The molecule has 2 aliphatic rings. The third-order valence-corrected chi connectivity index (χ3v) is 5.12. The van der Waals surface area contributed by atoms with Gasteiger partial charge >= 0.3 is 6.03 Å². The molecule has 0 bridgehead atoms.